The Balaban J connectivity index is 1.99. The van der Waals surface area contributed by atoms with E-state index in [1.165, 1.54) is 0 Å². The zero-order chi connectivity index (χ0) is 19.6. The Morgan fingerprint density at radius 1 is 1.22 bits per heavy atom. The molecule has 0 unspecified atom stereocenters. The number of non-ortho nitro benzene ring substituents is 1. The number of nitro groups is 2. The number of imidazole rings is 1. The standard InChI is InChI=1S/C16H17N5O6/c1-27-16(22)13-8-12(20(23)24)9-14(21(25)26)15(13)18-5-2-11(3-6-18)19-7-4-17-10-19/h4,7-11H,2-3,5-6H2,1H3. The first kappa shape index (κ1) is 18.3. The lowest BCUT2D eigenvalue weighted by molar-refractivity contribution is -0.393. The van der Waals surface area contributed by atoms with Gasteiger partial charge in [0.1, 0.15) is 5.69 Å². The number of aromatic nitrogens is 2. The number of carbonyl (C=O) groups is 1. The van der Waals surface area contributed by atoms with Crippen LogP contribution in [0.5, 0.6) is 0 Å². The number of carbonyl (C=O) groups excluding carboxylic acids is 1. The number of benzene rings is 1. The van der Waals surface area contributed by atoms with E-state index >= 15 is 0 Å². The van der Waals surface area contributed by atoms with E-state index < -0.39 is 27.2 Å². The molecule has 0 N–H and O–H groups in total. The van der Waals surface area contributed by atoms with E-state index in [0.29, 0.717) is 25.9 Å². The predicted octanol–water partition coefficient (Wildman–Crippen LogP) is 2.33. The number of methoxy groups -OCH3 is 1. The second-order valence-electron chi connectivity index (χ2n) is 6.09. The van der Waals surface area contributed by atoms with Crippen molar-refractivity contribution in [3.05, 3.63) is 56.6 Å². The van der Waals surface area contributed by atoms with E-state index in [2.05, 4.69) is 4.98 Å². The van der Waals surface area contributed by atoms with Gasteiger partial charge in [0.05, 0.1) is 34.9 Å². The van der Waals surface area contributed by atoms with E-state index in [1.54, 1.807) is 17.4 Å². The highest BCUT2D eigenvalue weighted by Crippen LogP contribution is 2.39. The first-order valence-corrected chi connectivity index (χ1v) is 8.20. The number of ether oxygens (including phenoxy) is 1. The topological polar surface area (TPSA) is 134 Å². The van der Waals surface area contributed by atoms with Crippen LogP contribution in [0, 0.1) is 20.2 Å². The largest absolute Gasteiger partial charge is 0.465 e. The first-order chi connectivity index (χ1) is 12.9. The fraction of sp³-hybridized carbons (Fsp3) is 0.375. The highest BCUT2D eigenvalue weighted by Gasteiger charge is 2.33. The number of nitro benzene ring substituents is 2. The molecule has 27 heavy (non-hydrogen) atoms. The Hall–Kier alpha value is -3.50. The predicted molar refractivity (Wildman–Crippen MR) is 93.8 cm³/mol. The Kier molecular flexibility index (Phi) is 5.01. The zero-order valence-corrected chi connectivity index (χ0v) is 14.5. The van der Waals surface area contributed by atoms with Crippen molar-refractivity contribution in [2.45, 2.75) is 18.9 Å². The molecule has 2 heterocycles. The third-order valence-electron chi connectivity index (χ3n) is 4.61. The molecule has 0 radical (unpaired) electrons. The monoisotopic (exact) mass is 375 g/mol. The second-order valence-corrected chi connectivity index (χ2v) is 6.09. The average Bonchev–Trinajstić information content (AvgIpc) is 3.21. The minimum absolute atomic E-state index is 0.0570. The van der Waals surface area contributed by atoms with Crippen molar-refractivity contribution in [1.29, 1.82) is 0 Å². The molecule has 1 saturated heterocycles. The van der Waals surface area contributed by atoms with Crippen LogP contribution in [0.25, 0.3) is 0 Å². The van der Waals surface area contributed by atoms with Gasteiger partial charge in [0.2, 0.25) is 0 Å². The van der Waals surface area contributed by atoms with Crippen LogP contribution in [0.3, 0.4) is 0 Å². The molecule has 0 atom stereocenters. The lowest BCUT2D eigenvalue weighted by Crippen LogP contribution is -2.36. The number of anilines is 1. The van der Waals surface area contributed by atoms with E-state index in [4.69, 9.17) is 4.74 Å². The van der Waals surface area contributed by atoms with E-state index in [9.17, 15) is 25.0 Å². The first-order valence-electron chi connectivity index (χ1n) is 8.20. The number of nitrogens with zero attached hydrogens (tertiary/aromatic N) is 5. The molecule has 0 spiro atoms. The van der Waals surface area contributed by atoms with Gasteiger partial charge < -0.3 is 14.2 Å². The van der Waals surface area contributed by atoms with Crippen molar-refractivity contribution in [2.75, 3.05) is 25.1 Å². The van der Waals surface area contributed by atoms with Crippen LogP contribution in [0.15, 0.2) is 30.9 Å². The van der Waals surface area contributed by atoms with Gasteiger partial charge in [-0.1, -0.05) is 0 Å². The maximum atomic E-state index is 12.2. The average molecular weight is 375 g/mol. The van der Waals surface area contributed by atoms with Gasteiger partial charge in [0, 0.05) is 37.6 Å². The molecule has 1 aliphatic heterocycles. The van der Waals surface area contributed by atoms with Crippen LogP contribution >= 0.6 is 0 Å². The third-order valence-corrected chi connectivity index (χ3v) is 4.61. The quantitative estimate of drug-likeness (QED) is 0.441. The van der Waals surface area contributed by atoms with E-state index in [0.717, 1.165) is 19.2 Å². The molecule has 142 valence electrons. The van der Waals surface area contributed by atoms with Crippen molar-refractivity contribution < 1.29 is 19.4 Å². The van der Waals surface area contributed by atoms with Gasteiger partial charge in [-0.05, 0) is 12.8 Å². The molecule has 0 bridgehead atoms. The van der Waals surface area contributed by atoms with Crippen LogP contribution in [-0.4, -0.2) is 45.6 Å². The highest BCUT2D eigenvalue weighted by atomic mass is 16.6. The van der Waals surface area contributed by atoms with Crippen molar-refractivity contribution >= 4 is 23.0 Å². The molecule has 1 aromatic carbocycles. The summed E-state index contributed by atoms with van der Waals surface area (Å²) < 4.78 is 6.67. The van der Waals surface area contributed by atoms with Crippen molar-refractivity contribution in [3.8, 4) is 0 Å². The minimum atomic E-state index is -0.853. The Morgan fingerprint density at radius 3 is 2.44 bits per heavy atom. The molecule has 0 aliphatic carbocycles. The summed E-state index contributed by atoms with van der Waals surface area (Å²) in [6.45, 7) is 0.900. The number of piperidine rings is 1. The van der Waals surface area contributed by atoms with Crippen molar-refractivity contribution in [3.63, 3.8) is 0 Å². The summed E-state index contributed by atoms with van der Waals surface area (Å²) in [6, 6.07) is 2.10. The molecule has 11 nitrogen and oxygen atoms in total. The van der Waals surface area contributed by atoms with Crippen molar-refractivity contribution in [2.24, 2.45) is 0 Å². The maximum absolute atomic E-state index is 12.2. The number of hydrogen-bond donors (Lipinski definition) is 0. The fourth-order valence-electron chi connectivity index (χ4n) is 3.32. The maximum Gasteiger partial charge on any atom is 0.340 e. The SMILES string of the molecule is COC(=O)c1cc([N+](=O)[O-])cc([N+](=O)[O-])c1N1CCC(n2ccnc2)CC1. The summed E-state index contributed by atoms with van der Waals surface area (Å²) in [6.07, 6.45) is 6.63. The summed E-state index contributed by atoms with van der Waals surface area (Å²) >= 11 is 0. The number of esters is 1. The number of rotatable bonds is 5. The smallest absolute Gasteiger partial charge is 0.340 e. The Labute approximate surface area is 153 Å². The summed E-state index contributed by atoms with van der Waals surface area (Å²) in [4.78, 5) is 39.1. The van der Waals surface area contributed by atoms with Crippen LogP contribution in [0.1, 0.15) is 29.2 Å². The van der Waals surface area contributed by atoms with Gasteiger partial charge >= 0.3 is 5.97 Å². The van der Waals surface area contributed by atoms with Gasteiger partial charge in [0.15, 0.2) is 0 Å². The Bertz CT molecular complexity index is 874. The van der Waals surface area contributed by atoms with Crippen LogP contribution in [-0.2, 0) is 4.74 Å². The molecule has 2 aromatic rings. The molecular formula is C16H17N5O6. The van der Waals surface area contributed by atoms with Gasteiger partial charge in [-0.3, -0.25) is 20.2 Å². The summed E-state index contributed by atoms with van der Waals surface area (Å²) in [5.74, 6) is -0.853. The molecule has 11 heteroatoms. The molecule has 1 aliphatic rings. The highest BCUT2D eigenvalue weighted by molar-refractivity contribution is 5.99. The minimum Gasteiger partial charge on any atom is -0.465 e. The zero-order valence-electron chi connectivity index (χ0n) is 14.5. The van der Waals surface area contributed by atoms with Gasteiger partial charge in [-0.25, -0.2) is 9.78 Å². The van der Waals surface area contributed by atoms with Gasteiger partial charge in [-0.2, -0.15) is 0 Å². The molecular weight excluding hydrogens is 358 g/mol. The van der Waals surface area contributed by atoms with Gasteiger partial charge in [0.25, 0.3) is 11.4 Å². The molecule has 1 aromatic heterocycles. The van der Waals surface area contributed by atoms with Gasteiger partial charge in [-0.15, -0.1) is 0 Å². The van der Waals surface area contributed by atoms with Crippen molar-refractivity contribution in [1.82, 2.24) is 9.55 Å². The molecule has 0 saturated carbocycles. The molecule has 1 fully saturated rings. The van der Waals surface area contributed by atoms with E-state index in [-0.39, 0.29) is 17.3 Å². The van der Waals surface area contributed by atoms with Crippen LogP contribution in [0.2, 0.25) is 0 Å². The fourth-order valence-corrected chi connectivity index (χ4v) is 3.32. The summed E-state index contributed by atoms with van der Waals surface area (Å²) in [5.41, 5.74) is -1.13. The van der Waals surface area contributed by atoms with E-state index in [1.807, 2.05) is 10.8 Å². The Morgan fingerprint density at radius 2 is 1.93 bits per heavy atom. The summed E-state index contributed by atoms with van der Waals surface area (Å²) in [5, 5.41) is 22.7. The normalized spacial score (nSPS) is 14.8. The number of hydrogen-bond acceptors (Lipinski definition) is 8. The van der Waals surface area contributed by atoms with Crippen LogP contribution < -0.4 is 4.90 Å². The van der Waals surface area contributed by atoms with Crippen LogP contribution in [0.4, 0.5) is 17.1 Å². The molecule has 3 rings (SSSR count). The lowest BCUT2D eigenvalue weighted by Gasteiger charge is -2.34. The molecule has 0 amide bonds. The lowest BCUT2D eigenvalue weighted by atomic mass is 10.0. The second kappa shape index (κ2) is 7.40. The summed E-state index contributed by atoms with van der Waals surface area (Å²) in [7, 11) is 1.13. The third kappa shape index (κ3) is 3.57.